The fraction of sp³-hybridized carbons (Fsp3) is 0.250. The molecule has 0 atom stereocenters. The zero-order valence-electron chi connectivity index (χ0n) is 9.94. The molecular formula is C12H13N3O2S. The van der Waals surface area contributed by atoms with Crippen molar-refractivity contribution in [3.05, 3.63) is 36.2 Å². The van der Waals surface area contributed by atoms with E-state index in [0.29, 0.717) is 17.5 Å². The van der Waals surface area contributed by atoms with Gasteiger partial charge < -0.3 is 9.53 Å². The van der Waals surface area contributed by atoms with Crippen LogP contribution >= 0.6 is 11.8 Å². The van der Waals surface area contributed by atoms with E-state index in [4.69, 9.17) is 4.74 Å². The highest BCUT2D eigenvalue weighted by Crippen LogP contribution is 2.21. The van der Waals surface area contributed by atoms with Crippen molar-refractivity contribution in [2.45, 2.75) is 11.8 Å². The Morgan fingerprint density at radius 1 is 1.33 bits per heavy atom. The summed E-state index contributed by atoms with van der Waals surface area (Å²) in [5.74, 6) is 1.08. The first-order valence-corrected chi connectivity index (χ1v) is 6.40. The van der Waals surface area contributed by atoms with Gasteiger partial charge >= 0.3 is 0 Å². The van der Waals surface area contributed by atoms with Crippen LogP contribution in [0.2, 0.25) is 0 Å². The zero-order chi connectivity index (χ0) is 12.8. The standard InChI is InChI=1S/C12H13N3O2S/c1-17-9-11-13-14-12(18-8-7-16)15(11)10-5-3-2-4-6-10/h2-7H,8-9H2,1H3. The number of aromatic nitrogens is 3. The van der Waals surface area contributed by atoms with E-state index >= 15 is 0 Å². The van der Waals surface area contributed by atoms with Crippen molar-refractivity contribution in [1.82, 2.24) is 14.8 Å². The van der Waals surface area contributed by atoms with E-state index in [1.54, 1.807) is 7.11 Å². The number of carbonyl (C=O) groups is 1. The van der Waals surface area contributed by atoms with Crippen LogP contribution in [0.3, 0.4) is 0 Å². The Balaban J connectivity index is 2.40. The lowest BCUT2D eigenvalue weighted by atomic mass is 10.3. The number of aldehydes is 1. The van der Waals surface area contributed by atoms with E-state index < -0.39 is 0 Å². The minimum absolute atomic E-state index is 0.359. The Morgan fingerprint density at radius 2 is 2.11 bits per heavy atom. The largest absolute Gasteiger partial charge is 0.377 e. The molecule has 18 heavy (non-hydrogen) atoms. The number of rotatable bonds is 6. The summed E-state index contributed by atoms with van der Waals surface area (Å²) in [5.41, 5.74) is 0.961. The number of methoxy groups -OCH3 is 1. The molecule has 0 aliphatic carbocycles. The maximum atomic E-state index is 10.5. The average molecular weight is 263 g/mol. The second kappa shape index (κ2) is 6.32. The van der Waals surface area contributed by atoms with Crippen molar-refractivity contribution >= 4 is 18.0 Å². The number of ether oxygens (including phenoxy) is 1. The van der Waals surface area contributed by atoms with Gasteiger partial charge in [-0.15, -0.1) is 10.2 Å². The Labute approximate surface area is 109 Å². The maximum absolute atomic E-state index is 10.5. The van der Waals surface area contributed by atoms with Crippen LogP contribution in [0.5, 0.6) is 0 Å². The molecule has 2 rings (SSSR count). The predicted octanol–water partition coefficient (Wildman–Crippen LogP) is 1.70. The minimum atomic E-state index is 0.359. The Kier molecular flexibility index (Phi) is 4.49. The number of carbonyl (C=O) groups excluding carboxylic acids is 1. The van der Waals surface area contributed by atoms with Gasteiger partial charge in [0, 0.05) is 12.8 Å². The molecule has 2 aromatic rings. The van der Waals surface area contributed by atoms with Crippen LogP contribution in [0.4, 0.5) is 0 Å². The van der Waals surface area contributed by atoms with Gasteiger partial charge in [-0.2, -0.15) is 0 Å². The lowest BCUT2D eigenvalue weighted by Crippen LogP contribution is -2.04. The third-order valence-electron chi connectivity index (χ3n) is 2.27. The summed E-state index contributed by atoms with van der Waals surface area (Å²) in [6.45, 7) is 0.379. The molecule has 1 aromatic carbocycles. The molecule has 1 heterocycles. The van der Waals surface area contributed by atoms with Crippen molar-refractivity contribution in [3.8, 4) is 5.69 Å². The number of hydrogen-bond acceptors (Lipinski definition) is 5. The highest BCUT2D eigenvalue weighted by Gasteiger charge is 2.13. The SMILES string of the molecule is COCc1nnc(SCC=O)n1-c1ccccc1. The number of benzene rings is 1. The van der Waals surface area contributed by atoms with Crippen LogP contribution in [-0.2, 0) is 16.1 Å². The van der Waals surface area contributed by atoms with Gasteiger partial charge in [0.05, 0.1) is 5.75 Å². The lowest BCUT2D eigenvalue weighted by Gasteiger charge is -2.08. The van der Waals surface area contributed by atoms with Crippen LogP contribution in [0.25, 0.3) is 5.69 Å². The second-order valence-corrected chi connectivity index (χ2v) is 4.47. The van der Waals surface area contributed by atoms with Crippen molar-refractivity contribution in [2.24, 2.45) is 0 Å². The van der Waals surface area contributed by atoms with Gasteiger partial charge in [-0.3, -0.25) is 4.57 Å². The summed E-state index contributed by atoms with van der Waals surface area (Å²) in [5, 5.41) is 8.87. The fourth-order valence-corrected chi connectivity index (χ4v) is 2.22. The monoisotopic (exact) mass is 263 g/mol. The summed E-state index contributed by atoms with van der Waals surface area (Å²) in [6.07, 6.45) is 0.852. The highest BCUT2D eigenvalue weighted by atomic mass is 32.2. The Bertz CT molecular complexity index is 513. The van der Waals surface area contributed by atoms with Gasteiger partial charge in [-0.05, 0) is 12.1 Å². The summed E-state index contributed by atoms with van der Waals surface area (Å²) >= 11 is 1.35. The average Bonchev–Trinajstić information content (AvgIpc) is 2.81. The van der Waals surface area contributed by atoms with Gasteiger partial charge in [0.25, 0.3) is 0 Å². The van der Waals surface area contributed by atoms with E-state index in [9.17, 15) is 4.79 Å². The summed E-state index contributed by atoms with van der Waals surface area (Å²) < 4.78 is 7.01. The molecule has 0 radical (unpaired) electrons. The van der Waals surface area contributed by atoms with E-state index in [1.165, 1.54) is 11.8 Å². The zero-order valence-corrected chi connectivity index (χ0v) is 10.8. The van der Waals surface area contributed by atoms with Gasteiger partial charge in [0.2, 0.25) is 0 Å². The molecule has 6 heteroatoms. The second-order valence-electron chi connectivity index (χ2n) is 3.48. The number of para-hydroxylation sites is 1. The molecule has 0 saturated carbocycles. The van der Waals surface area contributed by atoms with Crippen LogP contribution in [0.15, 0.2) is 35.5 Å². The van der Waals surface area contributed by atoms with Crippen LogP contribution < -0.4 is 0 Å². The molecular weight excluding hydrogens is 250 g/mol. The number of thioether (sulfide) groups is 1. The summed E-state index contributed by atoms with van der Waals surface area (Å²) in [4.78, 5) is 10.5. The van der Waals surface area contributed by atoms with E-state index in [-0.39, 0.29) is 0 Å². The van der Waals surface area contributed by atoms with Gasteiger partial charge in [-0.25, -0.2) is 0 Å². The molecule has 0 aliphatic rings. The first-order valence-electron chi connectivity index (χ1n) is 5.42. The van der Waals surface area contributed by atoms with Gasteiger partial charge in [0.1, 0.15) is 12.9 Å². The minimum Gasteiger partial charge on any atom is -0.377 e. The number of hydrogen-bond donors (Lipinski definition) is 0. The third-order valence-corrected chi connectivity index (χ3v) is 3.09. The summed E-state index contributed by atoms with van der Waals surface area (Å²) in [7, 11) is 1.61. The molecule has 1 aromatic heterocycles. The van der Waals surface area contributed by atoms with Crippen molar-refractivity contribution in [2.75, 3.05) is 12.9 Å². The molecule has 0 amide bonds. The Hall–Kier alpha value is -1.66. The van der Waals surface area contributed by atoms with Crippen LogP contribution in [0.1, 0.15) is 5.82 Å². The maximum Gasteiger partial charge on any atom is 0.196 e. The molecule has 0 unspecified atom stereocenters. The molecule has 94 valence electrons. The quantitative estimate of drug-likeness (QED) is 0.586. The van der Waals surface area contributed by atoms with Gasteiger partial charge in [-0.1, -0.05) is 30.0 Å². The first-order chi connectivity index (χ1) is 8.86. The molecule has 0 fully saturated rings. The molecule has 0 N–H and O–H groups in total. The molecule has 5 nitrogen and oxygen atoms in total. The topological polar surface area (TPSA) is 57.0 Å². The smallest absolute Gasteiger partial charge is 0.196 e. The molecule has 0 bridgehead atoms. The van der Waals surface area contributed by atoms with Gasteiger partial charge in [0.15, 0.2) is 11.0 Å². The first kappa shape index (κ1) is 12.8. The van der Waals surface area contributed by atoms with Crippen molar-refractivity contribution in [3.63, 3.8) is 0 Å². The predicted molar refractivity (Wildman–Crippen MR) is 68.9 cm³/mol. The normalized spacial score (nSPS) is 10.5. The van der Waals surface area contributed by atoms with Crippen LogP contribution in [0, 0.1) is 0 Å². The molecule has 0 saturated heterocycles. The summed E-state index contributed by atoms with van der Waals surface area (Å²) in [6, 6.07) is 9.77. The van der Waals surface area contributed by atoms with Crippen LogP contribution in [-0.4, -0.2) is 33.9 Å². The van der Waals surface area contributed by atoms with E-state index in [0.717, 1.165) is 17.8 Å². The third kappa shape index (κ3) is 2.77. The van der Waals surface area contributed by atoms with Crippen molar-refractivity contribution in [1.29, 1.82) is 0 Å². The van der Waals surface area contributed by atoms with E-state index in [2.05, 4.69) is 10.2 Å². The van der Waals surface area contributed by atoms with Crippen molar-refractivity contribution < 1.29 is 9.53 Å². The Morgan fingerprint density at radius 3 is 2.78 bits per heavy atom. The van der Waals surface area contributed by atoms with E-state index in [1.807, 2.05) is 34.9 Å². The fourth-order valence-electron chi connectivity index (χ4n) is 1.56. The lowest BCUT2D eigenvalue weighted by molar-refractivity contribution is -0.105. The number of nitrogens with zero attached hydrogens (tertiary/aromatic N) is 3. The molecule has 0 aliphatic heterocycles. The highest BCUT2D eigenvalue weighted by molar-refractivity contribution is 7.99. The molecule has 0 spiro atoms.